The van der Waals surface area contributed by atoms with Crippen molar-refractivity contribution < 1.29 is 0 Å². The number of aromatic nitrogens is 1. The second-order valence-corrected chi connectivity index (χ2v) is 4.85. The van der Waals surface area contributed by atoms with E-state index in [2.05, 4.69) is 18.3 Å². The van der Waals surface area contributed by atoms with Gasteiger partial charge in [-0.2, -0.15) is 0 Å². The van der Waals surface area contributed by atoms with E-state index in [1.807, 2.05) is 0 Å². The Bertz CT molecular complexity index is 380. The topological polar surface area (TPSA) is 24.9 Å². The van der Waals surface area contributed by atoms with Crippen LogP contribution in [0.3, 0.4) is 0 Å². The van der Waals surface area contributed by atoms with E-state index in [-0.39, 0.29) is 0 Å². The van der Waals surface area contributed by atoms with Crippen molar-refractivity contribution in [3.05, 3.63) is 28.6 Å². The van der Waals surface area contributed by atoms with Gasteiger partial charge in [0.2, 0.25) is 0 Å². The number of hydrogen-bond acceptors (Lipinski definition) is 2. The van der Waals surface area contributed by atoms with E-state index in [9.17, 15) is 0 Å². The summed E-state index contributed by atoms with van der Waals surface area (Å²) in [5.74, 6) is 0. The first-order valence-electron chi connectivity index (χ1n) is 6.04. The Kier molecular flexibility index (Phi) is 2.24. The number of nitrogens with one attached hydrogen (secondary N) is 1. The lowest BCUT2D eigenvalue weighted by atomic mass is 10.1. The van der Waals surface area contributed by atoms with Gasteiger partial charge in [-0.15, -0.1) is 0 Å². The summed E-state index contributed by atoms with van der Waals surface area (Å²) in [5.41, 5.74) is 5.47. The number of fused-ring (bicyclic) bond motifs is 1. The first-order valence-corrected chi connectivity index (χ1v) is 6.04. The smallest absolute Gasteiger partial charge is 0.0439 e. The van der Waals surface area contributed by atoms with Crippen LogP contribution in [-0.4, -0.2) is 11.0 Å². The Hall–Kier alpha value is -0.890. The normalized spacial score (nSPS) is 19.3. The molecule has 15 heavy (non-hydrogen) atoms. The molecule has 2 aliphatic rings. The van der Waals surface area contributed by atoms with Crippen LogP contribution in [0, 0.1) is 6.92 Å². The van der Waals surface area contributed by atoms with Crippen LogP contribution in [0.15, 0.2) is 6.07 Å². The molecule has 2 nitrogen and oxygen atoms in total. The number of nitrogens with zero attached hydrogens (tertiary/aromatic N) is 1. The molecule has 2 aliphatic carbocycles. The molecule has 1 aromatic heterocycles. The summed E-state index contributed by atoms with van der Waals surface area (Å²) in [5, 5.41) is 3.56. The average molecular weight is 202 g/mol. The highest BCUT2D eigenvalue weighted by atomic mass is 14.9. The molecule has 0 aliphatic heterocycles. The Labute approximate surface area is 91.1 Å². The minimum Gasteiger partial charge on any atom is -0.310 e. The van der Waals surface area contributed by atoms with Crippen molar-refractivity contribution in [1.29, 1.82) is 0 Å². The Balaban J connectivity index is 1.80. The molecule has 80 valence electrons. The fourth-order valence-electron chi connectivity index (χ4n) is 2.34. The van der Waals surface area contributed by atoms with Gasteiger partial charge in [0.15, 0.2) is 0 Å². The Morgan fingerprint density at radius 3 is 3.07 bits per heavy atom. The lowest BCUT2D eigenvalue weighted by molar-refractivity contribution is 0.681. The minimum atomic E-state index is 0.789. The van der Waals surface area contributed by atoms with Crippen LogP contribution in [0.1, 0.15) is 41.8 Å². The molecular weight excluding hydrogens is 184 g/mol. The summed E-state index contributed by atoms with van der Waals surface area (Å²) in [6.07, 6.45) is 6.43. The van der Waals surface area contributed by atoms with Gasteiger partial charge < -0.3 is 5.32 Å². The third kappa shape index (κ3) is 1.91. The van der Waals surface area contributed by atoms with Gasteiger partial charge >= 0.3 is 0 Å². The summed E-state index contributed by atoms with van der Waals surface area (Å²) in [7, 11) is 0. The molecule has 0 radical (unpaired) electrons. The molecule has 1 heterocycles. The molecule has 1 saturated carbocycles. The number of hydrogen-bond donors (Lipinski definition) is 1. The molecule has 0 atom stereocenters. The first-order chi connectivity index (χ1) is 7.33. The van der Waals surface area contributed by atoms with Crippen molar-refractivity contribution in [2.75, 3.05) is 0 Å². The zero-order chi connectivity index (χ0) is 10.3. The number of aryl methyl sites for hydroxylation is 3. The van der Waals surface area contributed by atoms with Gasteiger partial charge in [0.1, 0.15) is 0 Å². The molecule has 0 amide bonds. The van der Waals surface area contributed by atoms with Crippen molar-refractivity contribution in [1.82, 2.24) is 10.3 Å². The molecule has 0 saturated heterocycles. The summed E-state index contributed by atoms with van der Waals surface area (Å²) in [6, 6.07) is 3.16. The molecule has 0 spiro atoms. The van der Waals surface area contributed by atoms with E-state index in [0.717, 1.165) is 12.6 Å². The third-order valence-electron chi connectivity index (χ3n) is 3.50. The molecule has 0 aromatic carbocycles. The SMILES string of the molecule is Cc1nc2c(cc1CNC1CC1)CCC2. The van der Waals surface area contributed by atoms with E-state index < -0.39 is 0 Å². The third-order valence-corrected chi connectivity index (χ3v) is 3.50. The van der Waals surface area contributed by atoms with Crippen molar-refractivity contribution in [2.24, 2.45) is 0 Å². The van der Waals surface area contributed by atoms with Crippen LogP contribution in [0.2, 0.25) is 0 Å². The zero-order valence-corrected chi connectivity index (χ0v) is 9.34. The van der Waals surface area contributed by atoms with Crippen LogP contribution < -0.4 is 5.32 Å². The predicted molar refractivity (Wildman–Crippen MR) is 60.9 cm³/mol. The predicted octanol–water partition coefficient (Wildman–Crippen LogP) is 2.13. The maximum Gasteiger partial charge on any atom is 0.0439 e. The van der Waals surface area contributed by atoms with Crippen LogP contribution >= 0.6 is 0 Å². The fourth-order valence-corrected chi connectivity index (χ4v) is 2.34. The summed E-state index contributed by atoms with van der Waals surface area (Å²) in [6.45, 7) is 3.15. The maximum atomic E-state index is 4.71. The van der Waals surface area contributed by atoms with Gasteiger partial charge in [-0.1, -0.05) is 6.07 Å². The molecule has 1 N–H and O–H groups in total. The van der Waals surface area contributed by atoms with Crippen LogP contribution in [0.5, 0.6) is 0 Å². The van der Waals surface area contributed by atoms with Gasteiger partial charge in [0, 0.05) is 24.0 Å². The van der Waals surface area contributed by atoms with Crippen molar-refractivity contribution >= 4 is 0 Å². The number of rotatable bonds is 3. The Morgan fingerprint density at radius 1 is 1.40 bits per heavy atom. The quantitative estimate of drug-likeness (QED) is 0.812. The number of pyridine rings is 1. The second kappa shape index (κ2) is 3.60. The van der Waals surface area contributed by atoms with Crippen molar-refractivity contribution in [3.8, 4) is 0 Å². The average Bonchev–Trinajstić information content (AvgIpc) is 2.94. The fraction of sp³-hybridized carbons (Fsp3) is 0.615. The van der Waals surface area contributed by atoms with Crippen LogP contribution in [-0.2, 0) is 19.4 Å². The van der Waals surface area contributed by atoms with Crippen molar-refractivity contribution in [2.45, 2.75) is 51.6 Å². The molecule has 1 aromatic rings. The highest BCUT2D eigenvalue weighted by molar-refractivity contribution is 5.33. The molecule has 1 fully saturated rings. The van der Waals surface area contributed by atoms with Gasteiger partial charge in [-0.25, -0.2) is 0 Å². The van der Waals surface area contributed by atoms with E-state index in [4.69, 9.17) is 4.98 Å². The molecule has 0 unspecified atom stereocenters. The second-order valence-electron chi connectivity index (χ2n) is 4.85. The highest BCUT2D eigenvalue weighted by Crippen LogP contribution is 2.24. The van der Waals surface area contributed by atoms with Crippen LogP contribution in [0.4, 0.5) is 0 Å². The lowest BCUT2D eigenvalue weighted by Crippen LogP contribution is -2.16. The first kappa shape index (κ1) is 9.34. The maximum absolute atomic E-state index is 4.71. The van der Waals surface area contributed by atoms with Gasteiger partial charge in [-0.05, 0) is 50.2 Å². The lowest BCUT2D eigenvalue weighted by Gasteiger charge is -2.09. The van der Waals surface area contributed by atoms with Gasteiger partial charge in [-0.3, -0.25) is 4.98 Å². The van der Waals surface area contributed by atoms with E-state index in [1.165, 1.54) is 54.6 Å². The summed E-state index contributed by atoms with van der Waals surface area (Å²) in [4.78, 5) is 4.71. The molecule has 2 heteroatoms. The molecular formula is C13H18N2. The van der Waals surface area contributed by atoms with E-state index in [0.29, 0.717) is 0 Å². The minimum absolute atomic E-state index is 0.789. The summed E-state index contributed by atoms with van der Waals surface area (Å²) >= 11 is 0. The van der Waals surface area contributed by atoms with E-state index in [1.54, 1.807) is 0 Å². The highest BCUT2D eigenvalue weighted by Gasteiger charge is 2.21. The molecule has 0 bridgehead atoms. The van der Waals surface area contributed by atoms with Crippen molar-refractivity contribution in [3.63, 3.8) is 0 Å². The standard InChI is InChI=1S/C13H18N2/c1-9-11(8-14-12-5-6-12)7-10-3-2-4-13(10)15-9/h7,12,14H,2-6,8H2,1H3. The van der Waals surface area contributed by atoms with Crippen LogP contribution in [0.25, 0.3) is 0 Å². The zero-order valence-electron chi connectivity index (χ0n) is 9.34. The monoisotopic (exact) mass is 202 g/mol. The van der Waals surface area contributed by atoms with Gasteiger partial charge in [0.25, 0.3) is 0 Å². The summed E-state index contributed by atoms with van der Waals surface area (Å²) < 4.78 is 0. The largest absolute Gasteiger partial charge is 0.310 e. The Morgan fingerprint density at radius 2 is 2.27 bits per heavy atom. The van der Waals surface area contributed by atoms with Gasteiger partial charge in [0.05, 0.1) is 0 Å². The van der Waals surface area contributed by atoms with E-state index >= 15 is 0 Å². The molecule has 3 rings (SSSR count).